The van der Waals surface area contributed by atoms with Crippen LogP contribution in [0.2, 0.25) is 5.02 Å². The van der Waals surface area contributed by atoms with Crippen molar-refractivity contribution in [2.45, 2.75) is 44.8 Å². The van der Waals surface area contributed by atoms with Crippen molar-refractivity contribution in [3.63, 3.8) is 0 Å². The number of rotatable bonds is 9. The number of hydrogen-bond acceptors (Lipinski definition) is 3. The molecule has 0 bridgehead atoms. The van der Waals surface area contributed by atoms with Gasteiger partial charge in [0.15, 0.2) is 0 Å². The first-order chi connectivity index (χ1) is 14.3. The quantitative estimate of drug-likeness (QED) is 0.434. The summed E-state index contributed by atoms with van der Waals surface area (Å²) in [5, 5.41) is 4.35. The van der Waals surface area contributed by atoms with Crippen LogP contribution in [0.3, 0.4) is 0 Å². The van der Waals surface area contributed by atoms with Crippen LogP contribution in [0.25, 0.3) is 0 Å². The summed E-state index contributed by atoms with van der Waals surface area (Å²) in [5.74, 6) is 0.841. The van der Waals surface area contributed by atoms with Gasteiger partial charge in [0.25, 0.3) is 0 Å². The van der Waals surface area contributed by atoms with Crippen molar-refractivity contribution in [2.75, 3.05) is 0 Å². The van der Waals surface area contributed by atoms with E-state index in [2.05, 4.69) is 60.2 Å². The van der Waals surface area contributed by atoms with Crippen molar-refractivity contribution in [3.8, 4) is 5.88 Å². The maximum absolute atomic E-state index is 6.09. The van der Waals surface area contributed by atoms with Gasteiger partial charge in [0.05, 0.1) is 0 Å². The van der Waals surface area contributed by atoms with Gasteiger partial charge in [0.1, 0.15) is 5.60 Å². The number of hydrogen-bond donors (Lipinski definition) is 1. The molecule has 0 radical (unpaired) electrons. The third-order valence-electron chi connectivity index (χ3n) is 5.33. The predicted molar refractivity (Wildman–Crippen MR) is 125 cm³/mol. The van der Waals surface area contributed by atoms with Gasteiger partial charge < -0.3 is 10.1 Å². The highest BCUT2D eigenvalue weighted by molar-refractivity contribution is 6.30. The second-order valence-electron chi connectivity index (χ2n) is 8.04. The second kappa shape index (κ2) is 9.82. The van der Waals surface area contributed by atoms with Crippen molar-refractivity contribution < 1.29 is 4.74 Å². The Labute approximate surface area is 184 Å². The minimum atomic E-state index is -0.607. The number of ether oxygens (including phenoxy) is 1. The monoisotopic (exact) mass is 420 g/mol. The highest BCUT2D eigenvalue weighted by atomic mass is 35.5. The molecule has 0 aliphatic rings. The molecule has 0 aliphatic carbocycles. The second-order valence-corrected chi connectivity index (χ2v) is 8.48. The van der Waals surface area contributed by atoms with E-state index in [1.165, 1.54) is 11.1 Å². The summed E-state index contributed by atoms with van der Waals surface area (Å²) in [5.41, 5.74) is 2.74. The Bertz CT molecular complexity index is 940. The number of halogens is 1. The molecule has 1 heterocycles. The fourth-order valence-electron chi connectivity index (χ4n) is 3.44. The average Bonchev–Trinajstić information content (AvgIpc) is 2.74. The summed E-state index contributed by atoms with van der Waals surface area (Å²) in [6, 6.07) is 24.4. The number of pyridine rings is 1. The summed E-state index contributed by atoms with van der Waals surface area (Å²) in [4.78, 5) is 4.27. The van der Waals surface area contributed by atoms with Crippen LogP contribution in [-0.2, 0) is 6.42 Å². The van der Waals surface area contributed by atoms with Crippen molar-refractivity contribution in [2.24, 2.45) is 0 Å². The number of aromatic nitrogens is 1. The zero-order chi connectivity index (χ0) is 21.6. The Morgan fingerprint density at radius 2 is 1.70 bits per heavy atom. The third-order valence-corrected chi connectivity index (χ3v) is 5.58. The largest absolute Gasteiger partial charge is 0.465 e. The normalized spacial score (nSPS) is 13.3. The molecular formula is C26H29ClN2O. The first-order valence-corrected chi connectivity index (χ1v) is 10.6. The highest BCUT2D eigenvalue weighted by Crippen LogP contribution is 2.28. The maximum atomic E-state index is 6.09. The number of nitrogens with one attached hydrogen (secondary N) is 1. The van der Waals surface area contributed by atoms with E-state index in [-0.39, 0.29) is 12.0 Å². The SMILES string of the molecule is C=C(NC(C)C(Cc1ccc(Cl)cc1)c1ccccc1)C(C)(C)Oc1ccccn1. The lowest BCUT2D eigenvalue weighted by molar-refractivity contribution is 0.131. The average molecular weight is 421 g/mol. The molecule has 3 rings (SSSR count). The molecule has 30 heavy (non-hydrogen) atoms. The first-order valence-electron chi connectivity index (χ1n) is 10.2. The molecule has 2 aromatic carbocycles. The van der Waals surface area contributed by atoms with E-state index < -0.39 is 5.60 Å². The summed E-state index contributed by atoms with van der Waals surface area (Å²) in [6.45, 7) is 10.5. The van der Waals surface area contributed by atoms with Crippen molar-refractivity contribution >= 4 is 11.6 Å². The molecule has 0 saturated heterocycles. The molecule has 3 aromatic rings. The zero-order valence-corrected chi connectivity index (χ0v) is 18.6. The van der Waals surface area contributed by atoms with E-state index in [0.717, 1.165) is 17.1 Å². The fourth-order valence-corrected chi connectivity index (χ4v) is 3.56. The number of nitrogens with zero attached hydrogens (tertiary/aromatic N) is 1. The first kappa shape index (κ1) is 21.9. The van der Waals surface area contributed by atoms with E-state index in [1.54, 1.807) is 6.20 Å². The molecule has 0 saturated carbocycles. The predicted octanol–water partition coefficient (Wildman–Crippen LogP) is 6.41. The Balaban J connectivity index is 1.76. The van der Waals surface area contributed by atoms with Gasteiger partial charge in [-0.25, -0.2) is 4.98 Å². The summed E-state index contributed by atoms with van der Waals surface area (Å²) in [7, 11) is 0. The van der Waals surface area contributed by atoms with Gasteiger partial charge in [-0.1, -0.05) is 66.7 Å². The molecule has 2 atom stereocenters. The van der Waals surface area contributed by atoms with Gasteiger partial charge in [-0.2, -0.15) is 0 Å². The van der Waals surface area contributed by atoms with Crippen molar-refractivity contribution in [1.29, 1.82) is 0 Å². The minimum absolute atomic E-state index is 0.141. The highest BCUT2D eigenvalue weighted by Gasteiger charge is 2.28. The maximum Gasteiger partial charge on any atom is 0.214 e. The van der Waals surface area contributed by atoms with E-state index in [1.807, 2.05) is 50.2 Å². The van der Waals surface area contributed by atoms with Crippen LogP contribution < -0.4 is 10.1 Å². The third kappa shape index (κ3) is 5.87. The molecule has 0 spiro atoms. The molecule has 0 aliphatic heterocycles. The molecule has 156 valence electrons. The van der Waals surface area contributed by atoms with Crippen LogP contribution in [-0.4, -0.2) is 16.6 Å². The molecule has 3 nitrogen and oxygen atoms in total. The van der Waals surface area contributed by atoms with Gasteiger partial charge in [-0.3, -0.25) is 0 Å². The van der Waals surface area contributed by atoms with Gasteiger partial charge in [-0.05, 0) is 56.5 Å². The standard InChI is InChI=1S/C26H29ClN2O/c1-19(29-20(2)26(3,4)30-25-12-8-9-17-28-25)24(22-10-6-5-7-11-22)18-21-13-15-23(27)16-14-21/h5-17,19,24,29H,2,18H2,1,3-4H3. The Morgan fingerprint density at radius 1 is 1.03 bits per heavy atom. The van der Waals surface area contributed by atoms with Crippen LogP contribution in [0.1, 0.15) is 37.8 Å². The van der Waals surface area contributed by atoms with Gasteiger partial charge >= 0.3 is 0 Å². The Kier molecular flexibility index (Phi) is 7.17. The van der Waals surface area contributed by atoms with E-state index >= 15 is 0 Å². The van der Waals surface area contributed by atoms with E-state index in [9.17, 15) is 0 Å². The van der Waals surface area contributed by atoms with Gasteiger partial charge in [0, 0.05) is 34.9 Å². The fraction of sp³-hybridized carbons (Fsp3) is 0.269. The summed E-state index contributed by atoms with van der Waals surface area (Å²) in [6.07, 6.45) is 2.62. The lowest BCUT2D eigenvalue weighted by Crippen LogP contribution is -2.43. The molecule has 0 amide bonds. The smallest absolute Gasteiger partial charge is 0.214 e. The Morgan fingerprint density at radius 3 is 2.33 bits per heavy atom. The van der Waals surface area contributed by atoms with E-state index in [0.29, 0.717) is 5.88 Å². The van der Waals surface area contributed by atoms with E-state index in [4.69, 9.17) is 16.3 Å². The Hall–Kier alpha value is -2.78. The molecule has 1 aromatic heterocycles. The lowest BCUT2D eigenvalue weighted by Gasteiger charge is -2.34. The topological polar surface area (TPSA) is 34.1 Å². The van der Waals surface area contributed by atoms with Gasteiger partial charge in [0.2, 0.25) is 5.88 Å². The van der Waals surface area contributed by atoms with Crippen LogP contribution in [0, 0.1) is 0 Å². The van der Waals surface area contributed by atoms with Crippen LogP contribution in [0.5, 0.6) is 5.88 Å². The lowest BCUT2D eigenvalue weighted by atomic mass is 9.86. The van der Waals surface area contributed by atoms with Crippen molar-refractivity contribution in [3.05, 3.63) is 107 Å². The zero-order valence-electron chi connectivity index (χ0n) is 17.8. The van der Waals surface area contributed by atoms with Crippen LogP contribution in [0.4, 0.5) is 0 Å². The number of benzene rings is 2. The van der Waals surface area contributed by atoms with Crippen LogP contribution in [0.15, 0.2) is 91.3 Å². The van der Waals surface area contributed by atoms with Crippen LogP contribution >= 0.6 is 11.6 Å². The molecular weight excluding hydrogens is 392 g/mol. The summed E-state index contributed by atoms with van der Waals surface area (Å²) >= 11 is 6.07. The molecule has 4 heteroatoms. The molecule has 1 N–H and O–H groups in total. The van der Waals surface area contributed by atoms with Crippen molar-refractivity contribution in [1.82, 2.24) is 10.3 Å². The van der Waals surface area contributed by atoms with Gasteiger partial charge in [-0.15, -0.1) is 0 Å². The minimum Gasteiger partial charge on any atom is -0.465 e. The molecule has 0 fully saturated rings. The summed E-state index contributed by atoms with van der Waals surface area (Å²) < 4.78 is 6.09. The molecule has 2 unspecified atom stereocenters.